The van der Waals surface area contributed by atoms with Gasteiger partial charge in [-0.15, -0.1) is 0 Å². The monoisotopic (exact) mass is 748 g/mol. The fraction of sp³-hybridized carbons (Fsp3) is 0.474. The summed E-state index contributed by atoms with van der Waals surface area (Å²) in [4.78, 5) is 62.2. The lowest BCUT2D eigenvalue weighted by Crippen LogP contribution is -2.58. The zero-order chi connectivity index (χ0) is 35.6. The molecular formula is C38H45BrN4O7. The number of hydrogen-bond acceptors (Lipinski definition) is 8. The van der Waals surface area contributed by atoms with E-state index in [2.05, 4.69) is 40.0 Å². The van der Waals surface area contributed by atoms with Crippen molar-refractivity contribution in [3.63, 3.8) is 0 Å². The summed E-state index contributed by atoms with van der Waals surface area (Å²) in [5, 5.41) is 13.6. The Hall–Kier alpha value is -4.00. The molecule has 4 aliphatic rings. The van der Waals surface area contributed by atoms with Crippen LogP contribution in [-0.2, 0) is 28.7 Å². The van der Waals surface area contributed by atoms with Crippen LogP contribution < -0.4 is 15.1 Å². The third-order valence-corrected chi connectivity index (χ3v) is 11.1. The van der Waals surface area contributed by atoms with Crippen LogP contribution in [0.5, 0.6) is 0 Å². The van der Waals surface area contributed by atoms with Gasteiger partial charge in [-0.3, -0.25) is 19.2 Å². The molecule has 6 rings (SSSR count). The zero-order valence-corrected chi connectivity index (χ0v) is 30.3. The molecule has 2 aromatic carbocycles. The summed E-state index contributed by atoms with van der Waals surface area (Å²) in [5.74, 6) is -3.69. The number of esters is 1. The van der Waals surface area contributed by atoms with Gasteiger partial charge in [-0.05, 0) is 62.6 Å². The molecule has 50 heavy (non-hydrogen) atoms. The Labute approximate surface area is 301 Å². The second-order valence-corrected chi connectivity index (χ2v) is 14.0. The van der Waals surface area contributed by atoms with Crippen molar-refractivity contribution in [3.8, 4) is 0 Å². The number of carbonyl (C=O) groups excluding carboxylic acids is 4. The van der Waals surface area contributed by atoms with Crippen LogP contribution in [-0.4, -0.2) is 90.3 Å². The highest BCUT2D eigenvalue weighted by Gasteiger charge is 2.75. The number of likely N-dealkylation sites (tertiary alicyclic amines) is 1. The Balaban J connectivity index is 1.46. The number of ether oxygens (including phenoxy) is 2. The first-order valence-corrected chi connectivity index (χ1v) is 18.3. The van der Waals surface area contributed by atoms with E-state index in [-0.39, 0.29) is 26.2 Å². The lowest BCUT2D eigenvalue weighted by atomic mass is 9.74. The van der Waals surface area contributed by atoms with Gasteiger partial charge in [0.1, 0.15) is 24.4 Å². The van der Waals surface area contributed by atoms with Gasteiger partial charge in [-0.1, -0.05) is 65.3 Å². The van der Waals surface area contributed by atoms with E-state index in [1.54, 1.807) is 11.0 Å². The van der Waals surface area contributed by atoms with Crippen LogP contribution >= 0.6 is 15.9 Å². The second-order valence-electron chi connectivity index (χ2n) is 13.1. The molecule has 0 aromatic heterocycles. The zero-order valence-electron chi connectivity index (χ0n) is 28.7. The van der Waals surface area contributed by atoms with Crippen molar-refractivity contribution in [1.29, 1.82) is 0 Å². The Morgan fingerprint density at radius 1 is 1.00 bits per heavy atom. The van der Waals surface area contributed by atoms with Crippen molar-refractivity contribution in [2.45, 2.75) is 69.9 Å². The van der Waals surface area contributed by atoms with E-state index in [9.17, 15) is 19.5 Å². The standard InChI is InChI=1S/C38H45BrN4O7/c1-4-25(22-44)43-34-37(48)42(27-18-16-26(17-19-27)41(5-2)6-3)20-12-8-11-15-30(45)49-23-29(24-13-9-7-10-14-24)40-35(46)31-32(36(43)47)38(34)21-28(39)33(31)50-38/h7-10,12-14,16-19,21,25,29,31-34,44H,4-6,11,15,20,22-23H2,1-3H3,(H,40,46)/b12-8-/t25-,29-,31-,32+,33-,34-,38+/m0/s1. The molecule has 12 heteroatoms. The van der Waals surface area contributed by atoms with Crippen molar-refractivity contribution in [2.24, 2.45) is 11.8 Å². The number of aliphatic hydroxyl groups is 1. The average Bonchev–Trinajstić information content (AvgIpc) is 3.72. The van der Waals surface area contributed by atoms with Crippen LogP contribution in [0.1, 0.15) is 51.6 Å². The van der Waals surface area contributed by atoms with Crippen molar-refractivity contribution < 1.29 is 33.8 Å². The maximum absolute atomic E-state index is 15.1. The highest BCUT2D eigenvalue weighted by molar-refractivity contribution is 9.11. The summed E-state index contributed by atoms with van der Waals surface area (Å²) in [6, 6.07) is 14.4. The molecule has 11 nitrogen and oxygen atoms in total. The average molecular weight is 750 g/mol. The molecule has 7 atom stereocenters. The molecule has 0 unspecified atom stereocenters. The first kappa shape index (κ1) is 35.8. The van der Waals surface area contributed by atoms with E-state index < -0.39 is 65.4 Å². The fourth-order valence-corrected chi connectivity index (χ4v) is 8.60. The number of halogens is 1. The highest BCUT2D eigenvalue weighted by Crippen LogP contribution is 2.59. The van der Waals surface area contributed by atoms with Crippen molar-refractivity contribution in [1.82, 2.24) is 10.2 Å². The van der Waals surface area contributed by atoms with Gasteiger partial charge in [0.25, 0.3) is 5.91 Å². The molecule has 4 aliphatic heterocycles. The number of rotatable bonds is 8. The van der Waals surface area contributed by atoms with Gasteiger partial charge in [0.05, 0.1) is 30.5 Å². The van der Waals surface area contributed by atoms with Crippen LogP contribution in [0.25, 0.3) is 0 Å². The van der Waals surface area contributed by atoms with Gasteiger partial charge < -0.3 is 34.6 Å². The number of hydrogen-bond donors (Lipinski definition) is 2. The van der Waals surface area contributed by atoms with Gasteiger partial charge in [-0.2, -0.15) is 0 Å². The molecule has 2 N–H and O–H groups in total. The van der Waals surface area contributed by atoms with E-state index in [1.165, 1.54) is 4.90 Å². The summed E-state index contributed by atoms with van der Waals surface area (Å²) in [6.07, 6.45) is 5.54. The number of allylic oxidation sites excluding steroid dienone is 1. The number of carbonyl (C=O) groups is 4. The van der Waals surface area contributed by atoms with Crippen LogP contribution in [0.3, 0.4) is 0 Å². The third-order valence-electron chi connectivity index (χ3n) is 10.4. The Morgan fingerprint density at radius 2 is 1.72 bits per heavy atom. The van der Waals surface area contributed by atoms with Gasteiger partial charge >= 0.3 is 5.97 Å². The number of nitrogens with zero attached hydrogens (tertiary/aromatic N) is 3. The predicted molar refractivity (Wildman–Crippen MR) is 192 cm³/mol. The topological polar surface area (TPSA) is 129 Å². The Kier molecular flexibility index (Phi) is 10.8. The summed E-state index contributed by atoms with van der Waals surface area (Å²) in [6.45, 7) is 7.37. The number of anilines is 2. The number of amides is 3. The Morgan fingerprint density at radius 3 is 2.38 bits per heavy atom. The van der Waals surface area contributed by atoms with Crippen molar-refractivity contribution in [3.05, 3.63) is 82.9 Å². The van der Waals surface area contributed by atoms with E-state index in [0.717, 1.165) is 24.3 Å². The molecule has 2 fully saturated rings. The van der Waals surface area contributed by atoms with E-state index in [1.807, 2.05) is 73.7 Å². The summed E-state index contributed by atoms with van der Waals surface area (Å²) >= 11 is 3.62. The Bertz CT molecular complexity index is 1640. The van der Waals surface area contributed by atoms with E-state index in [0.29, 0.717) is 23.0 Å². The summed E-state index contributed by atoms with van der Waals surface area (Å²) in [7, 11) is 0. The molecule has 1 spiro atoms. The third kappa shape index (κ3) is 6.37. The molecule has 266 valence electrons. The van der Waals surface area contributed by atoms with Gasteiger partial charge in [0.15, 0.2) is 0 Å². The molecule has 2 saturated heterocycles. The molecule has 0 aliphatic carbocycles. The lowest BCUT2D eigenvalue weighted by molar-refractivity contribution is -0.146. The number of fused-ring (bicyclic) bond motifs is 2. The van der Waals surface area contributed by atoms with Crippen LogP contribution in [0, 0.1) is 11.8 Å². The highest BCUT2D eigenvalue weighted by atomic mass is 79.9. The minimum absolute atomic E-state index is 0.0930. The normalized spacial score (nSPS) is 29.7. The molecule has 2 aromatic rings. The minimum Gasteiger partial charge on any atom is -0.463 e. The van der Waals surface area contributed by atoms with Crippen LogP contribution in [0.2, 0.25) is 0 Å². The maximum atomic E-state index is 15.1. The van der Waals surface area contributed by atoms with Crippen LogP contribution in [0.15, 0.2) is 77.3 Å². The molecule has 5 bridgehead atoms. The number of aliphatic hydroxyl groups excluding tert-OH is 1. The summed E-state index contributed by atoms with van der Waals surface area (Å²) in [5.41, 5.74) is 0.906. The number of benzene rings is 2. The SMILES string of the molecule is CC[C@@H](CO)N1C(=O)[C@H]2[C@@H]3C(=O)N[C@H](c4ccccc4)COC(=O)CC/C=C\CN(c4ccc(N(CC)CC)cc4)C(=O)[C@H]1[C@@]21C=C(Br)[C@@H]3O1. The molecular weight excluding hydrogens is 704 g/mol. The number of cyclic esters (lactones) is 1. The smallest absolute Gasteiger partial charge is 0.306 e. The van der Waals surface area contributed by atoms with Gasteiger partial charge in [0.2, 0.25) is 11.8 Å². The van der Waals surface area contributed by atoms with Gasteiger partial charge in [0, 0.05) is 41.9 Å². The molecule has 0 radical (unpaired) electrons. The van der Waals surface area contributed by atoms with Gasteiger partial charge in [-0.25, -0.2) is 0 Å². The molecule has 4 heterocycles. The predicted octanol–water partition coefficient (Wildman–Crippen LogP) is 4.26. The van der Waals surface area contributed by atoms with E-state index in [4.69, 9.17) is 9.47 Å². The maximum Gasteiger partial charge on any atom is 0.306 e. The van der Waals surface area contributed by atoms with Crippen molar-refractivity contribution >= 4 is 51.0 Å². The van der Waals surface area contributed by atoms with E-state index >= 15 is 4.79 Å². The largest absolute Gasteiger partial charge is 0.463 e. The second kappa shape index (κ2) is 15.1. The molecule has 0 saturated carbocycles. The summed E-state index contributed by atoms with van der Waals surface area (Å²) < 4.78 is 12.9. The first-order chi connectivity index (χ1) is 24.2. The first-order valence-electron chi connectivity index (χ1n) is 17.5. The minimum atomic E-state index is -1.46. The quantitative estimate of drug-likeness (QED) is 0.303. The molecule has 3 amide bonds. The lowest BCUT2D eigenvalue weighted by Gasteiger charge is -2.38. The van der Waals surface area contributed by atoms with Crippen molar-refractivity contribution in [2.75, 3.05) is 42.6 Å². The number of nitrogens with one attached hydrogen (secondary N) is 1. The fourth-order valence-electron chi connectivity index (χ4n) is 7.87. The van der Waals surface area contributed by atoms with Crippen LogP contribution in [0.4, 0.5) is 11.4 Å².